The number of likely N-dealkylation sites (tertiary alicyclic amines) is 1. The maximum absolute atomic E-state index is 10.3. The molecule has 0 aromatic heterocycles. The third-order valence-electron chi connectivity index (χ3n) is 5.38. The molecular weight excluding hydrogens is 262 g/mol. The van der Waals surface area contributed by atoms with Crippen molar-refractivity contribution in [2.45, 2.75) is 71.5 Å². The van der Waals surface area contributed by atoms with E-state index < -0.39 is 0 Å². The van der Waals surface area contributed by atoms with Gasteiger partial charge in [-0.1, -0.05) is 33.6 Å². The summed E-state index contributed by atoms with van der Waals surface area (Å²) in [4.78, 5) is 2.39. The quantitative estimate of drug-likeness (QED) is 0.816. The number of aliphatic hydroxyl groups excluding tert-OH is 1. The minimum absolute atomic E-state index is 0.326. The van der Waals surface area contributed by atoms with Gasteiger partial charge in [0.2, 0.25) is 0 Å². The molecule has 1 saturated heterocycles. The van der Waals surface area contributed by atoms with Gasteiger partial charge >= 0.3 is 0 Å². The first-order valence-corrected chi connectivity index (χ1v) is 9.08. The van der Waals surface area contributed by atoms with E-state index in [9.17, 15) is 5.11 Å². The van der Waals surface area contributed by atoms with Gasteiger partial charge in [0.1, 0.15) is 0 Å². The lowest BCUT2D eigenvalue weighted by Crippen LogP contribution is -2.40. The molecule has 3 heteroatoms. The molecule has 1 saturated carbocycles. The van der Waals surface area contributed by atoms with Crippen molar-refractivity contribution >= 4 is 0 Å². The van der Waals surface area contributed by atoms with E-state index in [1.54, 1.807) is 0 Å². The minimum Gasteiger partial charge on any atom is -0.389 e. The summed E-state index contributed by atoms with van der Waals surface area (Å²) in [5.74, 6) is 2.12. The third kappa shape index (κ3) is 5.54. The van der Waals surface area contributed by atoms with Crippen LogP contribution in [0.15, 0.2) is 0 Å². The number of rotatable bonds is 6. The Morgan fingerprint density at radius 1 is 1.14 bits per heavy atom. The van der Waals surface area contributed by atoms with E-state index in [0.717, 1.165) is 25.6 Å². The molecule has 1 aliphatic heterocycles. The van der Waals surface area contributed by atoms with Gasteiger partial charge in [-0.3, -0.25) is 0 Å². The van der Waals surface area contributed by atoms with Crippen LogP contribution in [-0.2, 0) is 4.74 Å². The molecule has 0 aromatic rings. The van der Waals surface area contributed by atoms with E-state index >= 15 is 0 Å². The Hall–Kier alpha value is -0.120. The summed E-state index contributed by atoms with van der Waals surface area (Å²) < 4.78 is 6.15. The van der Waals surface area contributed by atoms with Crippen LogP contribution in [0.3, 0.4) is 0 Å². The van der Waals surface area contributed by atoms with Crippen LogP contribution >= 0.6 is 0 Å². The van der Waals surface area contributed by atoms with E-state index in [4.69, 9.17) is 4.74 Å². The lowest BCUT2D eigenvalue weighted by Gasteiger charge is -2.38. The maximum atomic E-state index is 10.3. The normalized spacial score (nSPS) is 33.3. The monoisotopic (exact) mass is 297 g/mol. The predicted molar refractivity (Wildman–Crippen MR) is 87.4 cm³/mol. The fourth-order valence-electron chi connectivity index (χ4n) is 4.03. The molecule has 21 heavy (non-hydrogen) atoms. The second kappa shape index (κ2) is 8.50. The first-order valence-electron chi connectivity index (χ1n) is 9.08. The van der Waals surface area contributed by atoms with Gasteiger partial charge in [0.25, 0.3) is 0 Å². The van der Waals surface area contributed by atoms with Crippen molar-refractivity contribution in [2.24, 2.45) is 17.8 Å². The fourth-order valence-corrected chi connectivity index (χ4v) is 4.03. The van der Waals surface area contributed by atoms with Crippen LogP contribution in [0.1, 0.15) is 59.3 Å². The van der Waals surface area contributed by atoms with Crippen LogP contribution < -0.4 is 0 Å². The molecule has 0 spiro atoms. The third-order valence-corrected chi connectivity index (χ3v) is 5.38. The summed E-state index contributed by atoms with van der Waals surface area (Å²) in [6, 6.07) is 0. The van der Waals surface area contributed by atoms with Crippen molar-refractivity contribution in [3.8, 4) is 0 Å². The second-order valence-corrected chi connectivity index (χ2v) is 7.71. The van der Waals surface area contributed by atoms with Crippen molar-refractivity contribution in [1.82, 2.24) is 4.90 Å². The first kappa shape index (κ1) is 17.2. The molecule has 0 unspecified atom stereocenters. The lowest BCUT2D eigenvalue weighted by molar-refractivity contribution is -0.0744. The smallest absolute Gasteiger partial charge is 0.0900 e. The van der Waals surface area contributed by atoms with E-state index in [-0.39, 0.29) is 6.10 Å². The Kier molecular flexibility index (Phi) is 6.97. The van der Waals surface area contributed by atoms with Gasteiger partial charge in [-0.25, -0.2) is 0 Å². The molecule has 0 radical (unpaired) electrons. The molecule has 4 atom stereocenters. The molecule has 1 N–H and O–H groups in total. The molecule has 2 aliphatic rings. The van der Waals surface area contributed by atoms with Gasteiger partial charge in [-0.2, -0.15) is 0 Å². The minimum atomic E-state index is -0.326. The fraction of sp³-hybridized carbons (Fsp3) is 1.00. The Balaban J connectivity index is 1.73. The van der Waals surface area contributed by atoms with Crippen LogP contribution in [0, 0.1) is 17.8 Å². The number of piperidine rings is 1. The highest BCUT2D eigenvalue weighted by atomic mass is 16.5. The molecule has 124 valence electrons. The average molecular weight is 297 g/mol. The van der Waals surface area contributed by atoms with Gasteiger partial charge in [-0.05, 0) is 56.5 Å². The Morgan fingerprint density at radius 3 is 2.52 bits per heavy atom. The summed E-state index contributed by atoms with van der Waals surface area (Å²) >= 11 is 0. The van der Waals surface area contributed by atoms with Crippen LogP contribution in [0.5, 0.6) is 0 Å². The van der Waals surface area contributed by atoms with Gasteiger partial charge in [0.05, 0.1) is 18.8 Å². The van der Waals surface area contributed by atoms with Crippen LogP contribution in [0.2, 0.25) is 0 Å². The topological polar surface area (TPSA) is 32.7 Å². The second-order valence-electron chi connectivity index (χ2n) is 7.71. The zero-order chi connectivity index (χ0) is 15.2. The number of nitrogens with zero attached hydrogens (tertiary/aromatic N) is 1. The highest BCUT2D eigenvalue weighted by molar-refractivity contribution is 4.82. The van der Waals surface area contributed by atoms with Crippen LogP contribution in [0.4, 0.5) is 0 Å². The molecular formula is C18H35NO2. The maximum Gasteiger partial charge on any atom is 0.0900 e. The van der Waals surface area contributed by atoms with Crippen LogP contribution in [0.25, 0.3) is 0 Å². The largest absolute Gasteiger partial charge is 0.389 e. The molecule has 2 fully saturated rings. The summed E-state index contributed by atoms with van der Waals surface area (Å²) in [5.41, 5.74) is 0. The molecule has 1 aliphatic carbocycles. The number of aliphatic hydroxyl groups is 1. The van der Waals surface area contributed by atoms with E-state index in [1.165, 1.54) is 38.5 Å². The number of hydrogen-bond donors (Lipinski definition) is 1. The summed E-state index contributed by atoms with van der Waals surface area (Å²) in [6.07, 6.45) is 7.72. The molecule has 3 nitrogen and oxygen atoms in total. The van der Waals surface area contributed by atoms with Gasteiger partial charge in [0, 0.05) is 6.54 Å². The lowest BCUT2D eigenvalue weighted by atomic mass is 9.75. The number of hydrogen-bond acceptors (Lipinski definition) is 3. The zero-order valence-electron chi connectivity index (χ0n) is 14.3. The Morgan fingerprint density at radius 2 is 1.86 bits per heavy atom. The Bertz CT molecular complexity index is 289. The van der Waals surface area contributed by atoms with Crippen molar-refractivity contribution in [3.05, 3.63) is 0 Å². The summed E-state index contributed by atoms with van der Waals surface area (Å²) in [7, 11) is 0. The van der Waals surface area contributed by atoms with Gasteiger partial charge in [0.15, 0.2) is 0 Å². The van der Waals surface area contributed by atoms with Gasteiger partial charge < -0.3 is 14.7 Å². The predicted octanol–water partition coefficient (Wildman–Crippen LogP) is 3.31. The van der Waals surface area contributed by atoms with Crippen molar-refractivity contribution in [1.29, 1.82) is 0 Å². The zero-order valence-corrected chi connectivity index (χ0v) is 14.3. The van der Waals surface area contributed by atoms with E-state index in [2.05, 4.69) is 25.7 Å². The van der Waals surface area contributed by atoms with Crippen molar-refractivity contribution in [3.63, 3.8) is 0 Å². The van der Waals surface area contributed by atoms with E-state index in [1.807, 2.05) is 0 Å². The molecule has 0 amide bonds. The number of ether oxygens (including phenoxy) is 1. The summed E-state index contributed by atoms with van der Waals surface area (Å²) in [6.45, 7) is 10.5. The van der Waals surface area contributed by atoms with E-state index in [0.29, 0.717) is 24.5 Å². The Labute approximate surface area is 131 Å². The standard InChI is InChI=1S/C18H35NO2/c1-14(2)17-8-7-15(3)11-18(17)21-13-16(20)12-19-9-5-4-6-10-19/h14-18,20H,4-13H2,1-3H3/t15-,16-,17-,18-/m0/s1. The summed E-state index contributed by atoms with van der Waals surface area (Å²) in [5, 5.41) is 10.3. The SMILES string of the molecule is CC(C)[C@@H]1CC[C@H](C)C[C@@H]1OC[C@@H](O)CN1CCCCC1. The first-order chi connectivity index (χ1) is 10.1. The molecule has 2 rings (SSSR count). The molecule has 1 heterocycles. The van der Waals surface area contributed by atoms with Crippen molar-refractivity contribution in [2.75, 3.05) is 26.2 Å². The van der Waals surface area contributed by atoms with Crippen molar-refractivity contribution < 1.29 is 9.84 Å². The number of β-amino-alcohol motifs (C(OH)–C–C–N with tert-alkyl or cyclic N) is 1. The highest BCUT2D eigenvalue weighted by Gasteiger charge is 2.31. The van der Waals surface area contributed by atoms with Crippen LogP contribution in [-0.4, -0.2) is 48.5 Å². The molecule has 0 aromatic carbocycles. The van der Waals surface area contributed by atoms with Gasteiger partial charge in [-0.15, -0.1) is 0 Å². The highest BCUT2D eigenvalue weighted by Crippen LogP contribution is 2.35. The average Bonchev–Trinajstić information content (AvgIpc) is 2.46. The molecule has 0 bridgehead atoms.